The molecule has 0 aromatic carbocycles. The summed E-state index contributed by atoms with van der Waals surface area (Å²) in [4.78, 5) is 0. The van der Waals surface area contributed by atoms with Gasteiger partial charge in [-0.3, -0.25) is 5.32 Å². The van der Waals surface area contributed by atoms with Crippen molar-refractivity contribution in [3.63, 3.8) is 0 Å². The highest BCUT2D eigenvalue weighted by Crippen LogP contribution is 2.15. The maximum atomic E-state index is 3.39. The number of anilines is 1. The summed E-state index contributed by atoms with van der Waals surface area (Å²) in [5.41, 5.74) is 1.45. The lowest BCUT2D eigenvalue weighted by Gasteiger charge is -2.12. The summed E-state index contributed by atoms with van der Waals surface area (Å²) in [5, 5.41) is 3.39. The molecule has 0 aliphatic carbocycles. The molecule has 1 aliphatic heterocycles. The van der Waals surface area contributed by atoms with Gasteiger partial charge in [-0.05, 0) is 25.0 Å². The summed E-state index contributed by atoms with van der Waals surface area (Å²) >= 11 is 0. The van der Waals surface area contributed by atoms with Gasteiger partial charge in [0.05, 0.1) is 19.8 Å². The minimum Gasteiger partial charge on any atom is -0.274 e. The Bertz CT molecular complexity index is 268. The first-order chi connectivity index (χ1) is 5.38. The summed E-state index contributed by atoms with van der Waals surface area (Å²) < 4.78 is 2.15. The highest BCUT2D eigenvalue weighted by Gasteiger charge is 2.15. The predicted octanol–water partition coefficient (Wildman–Crippen LogP) is 0.869. The lowest BCUT2D eigenvalue weighted by Crippen LogP contribution is -2.35. The second-order valence-corrected chi connectivity index (χ2v) is 3.02. The van der Waals surface area contributed by atoms with E-state index in [1.807, 2.05) is 0 Å². The fourth-order valence-corrected chi connectivity index (χ4v) is 1.59. The average molecular weight is 149 g/mol. The lowest BCUT2D eigenvalue weighted by molar-refractivity contribution is -0.657. The number of pyridine rings is 1. The third kappa shape index (κ3) is 1.09. The van der Waals surface area contributed by atoms with E-state index in [1.54, 1.807) is 0 Å². The van der Waals surface area contributed by atoms with Crippen LogP contribution in [0.2, 0.25) is 0 Å². The van der Waals surface area contributed by atoms with Crippen LogP contribution in [0.5, 0.6) is 0 Å². The highest BCUT2D eigenvalue weighted by molar-refractivity contribution is 5.40. The number of rotatable bonds is 0. The highest BCUT2D eigenvalue weighted by atomic mass is 15.1. The van der Waals surface area contributed by atoms with Crippen molar-refractivity contribution in [2.24, 2.45) is 7.05 Å². The van der Waals surface area contributed by atoms with Gasteiger partial charge in [-0.25, -0.2) is 4.57 Å². The Balaban J connectivity index is 2.49. The Hall–Kier alpha value is -1.05. The van der Waals surface area contributed by atoms with Crippen LogP contribution in [-0.4, -0.2) is 6.54 Å². The molecule has 0 saturated heterocycles. The molecule has 0 fully saturated rings. The Labute approximate surface area is 66.9 Å². The third-order valence-electron chi connectivity index (χ3n) is 2.18. The van der Waals surface area contributed by atoms with E-state index in [0.29, 0.717) is 0 Å². The van der Waals surface area contributed by atoms with E-state index in [-0.39, 0.29) is 0 Å². The average Bonchev–Trinajstić information content (AvgIpc) is 2.06. The molecule has 1 aliphatic rings. The van der Waals surface area contributed by atoms with E-state index in [4.69, 9.17) is 0 Å². The van der Waals surface area contributed by atoms with Gasteiger partial charge in [0.15, 0.2) is 0 Å². The summed E-state index contributed by atoms with van der Waals surface area (Å²) in [6.45, 7) is 1.12. The maximum absolute atomic E-state index is 3.39. The molecule has 0 radical (unpaired) electrons. The van der Waals surface area contributed by atoms with E-state index < -0.39 is 0 Å². The molecule has 0 spiro atoms. The summed E-state index contributed by atoms with van der Waals surface area (Å²) in [6, 6.07) is 4.30. The first kappa shape index (κ1) is 6.65. The number of hydrogen-bond donors (Lipinski definition) is 1. The van der Waals surface area contributed by atoms with Gasteiger partial charge >= 0.3 is 0 Å². The van der Waals surface area contributed by atoms with Crippen molar-refractivity contribution in [1.29, 1.82) is 0 Å². The first-order valence-corrected chi connectivity index (χ1v) is 4.09. The molecule has 0 amide bonds. The normalized spacial score (nSPS) is 15.4. The van der Waals surface area contributed by atoms with Crippen LogP contribution in [-0.2, 0) is 13.5 Å². The minimum atomic E-state index is 1.12. The van der Waals surface area contributed by atoms with E-state index >= 15 is 0 Å². The van der Waals surface area contributed by atoms with Crippen LogP contribution in [0.1, 0.15) is 12.0 Å². The zero-order chi connectivity index (χ0) is 7.68. The second-order valence-electron chi connectivity index (χ2n) is 3.02. The van der Waals surface area contributed by atoms with Crippen LogP contribution in [0.15, 0.2) is 18.3 Å². The molecule has 2 nitrogen and oxygen atoms in total. The number of aryl methyl sites for hydroxylation is 2. The molecule has 58 valence electrons. The minimum absolute atomic E-state index is 1.12. The van der Waals surface area contributed by atoms with Crippen molar-refractivity contribution >= 4 is 5.82 Å². The smallest absolute Gasteiger partial charge is 0.274 e. The van der Waals surface area contributed by atoms with Gasteiger partial charge in [0.25, 0.3) is 5.82 Å². The molecule has 2 rings (SSSR count). The number of nitrogens with zero attached hydrogens (tertiary/aromatic N) is 1. The Kier molecular flexibility index (Phi) is 1.53. The standard InChI is InChI=1S/C9H12N2/c1-11-7-3-5-8-4-2-6-10-9(8)11/h3,5,7H,2,4,6H2,1H3/p+1. The molecule has 1 aromatic heterocycles. The Morgan fingerprint density at radius 2 is 2.45 bits per heavy atom. The number of aromatic nitrogens is 1. The Morgan fingerprint density at radius 3 is 3.27 bits per heavy atom. The largest absolute Gasteiger partial charge is 0.277 e. The number of nitrogens with one attached hydrogen (secondary N) is 1. The van der Waals surface area contributed by atoms with Gasteiger partial charge in [-0.2, -0.15) is 0 Å². The lowest BCUT2D eigenvalue weighted by atomic mass is 10.1. The van der Waals surface area contributed by atoms with E-state index in [9.17, 15) is 0 Å². The van der Waals surface area contributed by atoms with Gasteiger partial charge < -0.3 is 0 Å². The third-order valence-corrected chi connectivity index (χ3v) is 2.18. The van der Waals surface area contributed by atoms with Crippen LogP contribution in [0.25, 0.3) is 0 Å². The molecular formula is C9H13N2+. The maximum Gasteiger partial charge on any atom is 0.277 e. The van der Waals surface area contributed by atoms with Crippen molar-refractivity contribution in [2.45, 2.75) is 12.8 Å². The van der Waals surface area contributed by atoms with Crippen molar-refractivity contribution in [2.75, 3.05) is 11.9 Å². The van der Waals surface area contributed by atoms with Gasteiger partial charge in [-0.15, -0.1) is 0 Å². The molecule has 11 heavy (non-hydrogen) atoms. The van der Waals surface area contributed by atoms with E-state index in [0.717, 1.165) is 6.54 Å². The zero-order valence-corrected chi connectivity index (χ0v) is 6.80. The number of hydrogen-bond acceptors (Lipinski definition) is 1. The SMILES string of the molecule is C[n+]1cccc2c1NCCC2. The van der Waals surface area contributed by atoms with Crippen molar-refractivity contribution < 1.29 is 4.57 Å². The molecule has 1 aromatic rings. The molecule has 1 N–H and O–H groups in total. The molecule has 0 bridgehead atoms. The van der Waals surface area contributed by atoms with E-state index in [1.165, 1.54) is 24.2 Å². The predicted molar refractivity (Wildman–Crippen MR) is 44.4 cm³/mol. The fraction of sp³-hybridized carbons (Fsp3) is 0.444. The monoisotopic (exact) mass is 149 g/mol. The molecular weight excluding hydrogens is 136 g/mol. The van der Waals surface area contributed by atoms with Gasteiger partial charge in [0.1, 0.15) is 0 Å². The molecule has 0 atom stereocenters. The molecule has 2 heterocycles. The topological polar surface area (TPSA) is 15.9 Å². The fourth-order valence-electron chi connectivity index (χ4n) is 1.59. The van der Waals surface area contributed by atoms with Crippen molar-refractivity contribution in [3.8, 4) is 0 Å². The Morgan fingerprint density at radius 1 is 1.55 bits per heavy atom. The van der Waals surface area contributed by atoms with Crippen molar-refractivity contribution in [1.82, 2.24) is 0 Å². The quantitative estimate of drug-likeness (QED) is 0.541. The first-order valence-electron chi connectivity index (χ1n) is 4.09. The van der Waals surface area contributed by atoms with Crippen LogP contribution >= 0.6 is 0 Å². The van der Waals surface area contributed by atoms with Crippen LogP contribution in [0.3, 0.4) is 0 Å². The zero-order valence-electron chi connectivity index (χ0n) is 6.80. The second kappa shape index (κ2) is 2.53. The number of fused-ring (bicyclic) bond motifs is 1. The van der Waals surface area contributed by atoms with Gasteiger partial charge in [-0.1, -0.05) is 0 Å². The van der Waals surface area contributed by atoms with Crippen LogP contribution < -0.4 is 9.88 Å². The molecule has 2 heteroatoms. The van der Waals surface area contributed by atoms with Crippen molar-refractivity contribution in [3.05, 3.63) is 23.9 Å². The van der Waals surface area contributed by atoms with E-state index in [2.05, 4.69) is 35.3 Å². The van der Waals surface area contributed by atoms with Crippen LogP contribution in [0.4, 0.5) is 5.82 Å². The van der Waals surface area contributed by atoms with Crippen LogP contribution in [0, 0.1) is 0 Å². The molecule has 0 saturated carbocycles. The summed E-state index contributed by atoms with van der Waals surface area (Å²) in [6.07, 6.45) is 4.56. The summed E-state index contributed by atoms with van der Waals surface area (Å²) in [7, 11) is 2.08. The summed E-state index contributed by atoms with van der Waals surface area (Å²) in [5.74, 6) is 1.29. The van der Waals surface area contributed by atoms with Gasteiger partial charge in [0, 0.05) is 5.56 Å². The molecule has 0 unspecified atom stereocenters. The van der Waals surface area contributed by atoms with Gasteiger partial charge in [0.2, 0.25) is 0 Å².